The molecular weight excluding hydrogens is 409 g/mol. The standard InChI is InChI=1S/C28H29F3O/c1-3-20-12-13-23(16-26(20)29)32-17-19-6-10-22(11-7-19)25-15-14-24(27(30)28(25)31)21-8-4-18(2)5-9-21/h4-5,8-9,12-16,19,22H,3,6-7,10-11,17H2,1-2H3. The van der Waals surface area contributed by atoms with Crippen LogP contribution in [0.15, 0.2) is 54.6 Å². The Hall–Kier alpha value is -2.75. The van der Waals surface area contributed by atoms with Gasteiger partial charge in [0.05, 0.1) is 6.61 Å². The molecule has 0 spiro atoms. The normalized spacial score (nSPS) is 18.5. The average Bonchev–Trinajstić information content (AvgIpc) is 2.81. The topological polar surface area (TPSA) is 9.23 Å². The zero-order valence-corrected chi connectivity index (χ0v) is 18.6. The van der Waals surface area contributed by atoms with Gasteiger partial charge in [0.2, 0.25) is 0 Å². The van der Waals surface area contributed by atoms with Gasteiger partial charge in [0, 0.05) is 11.6 Å². The van der Waals surface area contributed by atoms with Crippen molar-refractivity contribution >= 4 is 0 Å². The molecule has 1 aliphatic rings. The minimum absolute atomic E-state index is 0.00843. The zero-order chi connectivity index (χ0) is 22.7. The van der Waals surface area contributed by atoms with E-state index in [1.54, 1.807) is 24.3 Å². The van der Waals surface area contributed by atoms with Gasteiger partial charge in [0.25, 0.3) is 0 Å². The molecule has 0 saturated heterocycles. The third-order valence-electron chi connectivity index (χ3n) is 6.65. The van der Waals surface area contributed by atoms with Crippen molar-refractivity contribution in [2.45, 2.75) is 51.9 Å². The molecule has 0 atom stereocenters. The van der Waals surface area contributed by atoms with Crippen LogP contribution in [0.1, 0.15) is 55.2 Å². The van der Waals surface area contributed by atoms with Crippen LogP contribution in [0, 0.1) is 30.3 Å². The second-order valence-corrected chi connectivity index (χ2v) is 8.83. The number of benzene rings is 3. The van der Waals surface area contributed by atoms with E-state index in [1.165, 1.54) is 6.07 Å². The van der Waals surface area contributed by atoms with Crippen molar-refractivity contribution < 1.29 is 17.9 Å². The van der Waals surface area contributed by atoms with Gasteiger partial charge in [-0.15, -0.1) is 0 Å². The average molecular weight is 439 g/mol. The van der Waals surface area contributed by atoms with Crippen LogP contribution < -0.4 is 4.74 Å². The Labute approximate surface area is 188 Å². The maximum absolute atomic E-state index is 14.9. The zero-order valence-electron chi connectivity index (χ0n) is 18.6. The summed E-state index contributed by atoms with van der Waals surface area (Å²) in [5, 5.41) is 0. The molecule has 0 aromatic heterocycles. The number of rotatable bonds is 6. The first-order valence-corrected chi connectivity index (χ1v) is 11.4. The highest BCUT2D eigenvalue weighted by Crippen LogP contribution is 2.39. The highest BCUT2D eigenvalue weighted by atomic mass is 19.2. The van der Waals surface area contributed by atoms with Crippen molar-refractivity contribution in [3.8, 4) is 16.9 Å². The molecule has 3 aromatic carbocycles. The van der Waals surface area contributed by atoms with Crippen LogP contribution in [0.3, 0.4) is 0 Å². The molecular formula is C28H29F3O. The van der Waals surface area contributed by atoms with Crippen molar-refractivity contribution in [2.75, 3.05) is 6.61 Å². The summed E-state index contributed by atoms with van der Waals surface area (Å²) in [6.07, 6.45) is 3.98. The van der Waals surface area contributed by atoms with Gasteiger partial charge in [-0.25, -0.2) is 13.2 Å². The lowest BCUT2D eigenvalue weighted by atomic mass is 9.78. The molecule has 4 rings (SSSR count). The van der Waals surface area contributed by atoms with Crippen LogP contribution in [0.4, 0.5) is 13.2 Å². The van der Waals surface area contributed by atoms with Gasteiger partial charge >= 0.3 is 0 Å². The van der Waals surface area contributed by atoms with E-state index in [1.807, 2.05) is 38.1 Å². The molecule has 0 heterocycles. The lowest BCUT2D eigenvalue weighted by Crippen LogP contribution is -2.20. The number of hydrogen-bond donors (Lipinski definition) is 0. The molecule has 0 amide bonds. The molecule has 0 unspecified atom stereocenters. The van der Waals surface area contributed by atoms with Crippen molar-refractivity contribution in [1.82, 2.24) is 0 Å². The molecule has 1 nitrogen and oxygen atoms in total. The third kappa shape index (κ3) is 4.85. The Morgan fingerprint density at radius 3 is 2.22 bits per heavy atom. The van der Waals surface area contributed by atoms with Crippen LogP contribution in [0.2, 0.25) is 0 Å². The van der Waals surface area contributed by atoms with E-state index < -0.39 is 11.6 Å². The summed E-state index contributed by atoms with van der Waals surface area (Å²) in [4.78, 5) is 0. The lowest BCUT2D eigenvalue weighted by molar-refractivity contribution is 0.198. The van der Waals surface area contributed by atoms with Crippen LogP contribution in [-0.2, 0) is 6.42 Å². The van der Waals surface area contributed by atoms with Gasteiger partial charge in [-0.1, -0.05) is 55.0 Å². The van der Waals surface area contributed by atoms with E-state index in [9.17, 15) is 13.2 Å². The SMILES string of the molecule is CCc1ccc(OCC2CCC(c3ccc(-c4ccc(C)cc4)c(F)c3F)CC2)cc1F. The molecule has 168 valence electrons. The first-order valence-electron chi connectivity index (χ1n) is 11.4. The Balaban J connectivity index is 1.37. The molecule has 32 heavy (non-hydrogen) atoms. The third-order valence-corrected chi connectivity index (χ3v) is 6.65. The molecule has 3 aromatic rings. The number of ether oxygens (including phenoxy) is 1. The molecule has 0 radical (unpaired) electrons. The van der Waals surface area contributed by atoms with Crippen molar-refractivity contribution in [1.29, 1.82) is 0 Å². The van der Waals surface area contributed by atoms with Crippen molar-refractivity contribution in [2.24, 2.45) is 5.92 Å². The predicted octanol–water partition coefficient (Wildman–Crippen LogP) is 7.99. The Morgan fingerprint density at radius 1 is 0.844 bits per heavy atom. The second-order valence-electron chi connectivity index (χ2n) is 8.83. The number of halogens is 3. The van der Waals surface area contributed by atoms with Crippen LogP contribution >= 0.6 is 0 Å². The second kappa shape index (κ2) is 9.81. The van der Waals surface area contributed by atoms with Crippen LogP contribution in [0.5, 0.6) is 5.75 Å². The lowest BCUT2D eigenvalue weighted by Gasteiger charge is -2.29. The van der Waals surface area contributed by atoms with Crippen LogP contribution in [0.25, 0.3) is 11.1 Å². The molecule has 1 aliphatic carbocycles. The van der Waals surface area contributed by atoms with E-state index in [2.05, 4.69) is 0 Å². The minimum Gasteiger partial charge on any atom is -0.493 e. The number of hydrogen-bond acceptors (Lipinski definition) is 1. The summed E-state index contributed by atoms with van der Waals surface area (Å²) in [5.41, 5.74) is 3.21. The fourth-order valence-electron chi connectivity index (χ4n) is 4.59. The Kier molecular flexibility index (Phi) is 6.88. The Bertz CT molecular complexity index is 1070. The summed E-state index contributed by atoms with van der Waals surface area (Å²) in [6, 6.07) is 15.9. The van der Waals surface area contributed by atoms with Gasteiger partial charge in [-0.3, -0.25) is 0 Å². The smallest absolute Gasteiger partial charge is 0.166 e. The van der Waals surface area contributed by atoms with Crippen molar-refractivity contribution in [3.63, 3.8) is 0 Å². The van der Waals surface area contributed by atoms with E-state index >= 15 is 0 Å². The summed E-state index contributed by atoms with van der Waals surface area (Å²) in [6.45, 7) is 4.40. The van der Waals surface area contributed by atoms with Gasteiger partial charge in [0.15, 0.2) is 11.6 Å². The molecule has 1 fully saturated rings. The van der Waals surface area contributed by atoms with E-state index in [4.69, 9.17) is 4.74 Å². The van der Waals surface area contributed by atoms with Gasteiger partial charge in [-0.05, 0) is 73.6 Å². The quantitative estimate of drug-likeness (QED) is 0.379. The fourth-order valence-corrected chi connectivity index (χ4v) is 4.59. The van der Waals surface area contributed by atoms with E-state index in [-0.39, 0.29) is 11.7 Å². The maximum Gasteiger partial charge on any atom is 0.166 e. The van der Waals surface area contributed by atoms with E-state index in [0.29, 0.717) is 46.9 Å². The maximum atomic E-state index is 14.9. The minimum atomic E-state index is -0.769. The van der Waals surface area contributed by atoms with Gasteiger partial charge < -0.3 is 4.74 Å². The largest absolute Gasteiger partial charge is 0.493 e. The highest BCUT2D eigenvalue weighted by molar-refractivity contribution is 5.65. The predicted molar refractivity (Wildman–Crippen MR) is 123 cm³/mol. The van der Waals surface area contributed by atoms with Gasteiger partial charge in [-0.2, -0.15) is 0 Å². The van der Waals surface area contributed by atoms with Crippen molar-refractivity contribution in [3.05, 3.63) is 88.7 Å². The summed E-state index contributed by atoms with van der Waals surface area (Å²) in [7, 11) is 0. The molecule has 0 bridgehead atoms. The highest BCUT2D eigenvalue weighted by Gasteiger charge is 2.27. The van der Waals surface area contributed by atoms with Gasteiger partial charge in [0.1, 0.15) is 11.6 Å². The summed E-state index contributed by atoms with van der Waals surface area (Å²) in [5.74, 6) is -0.848. The molecule has 4 heteroatoms. The van der Waals surface area contributed by atoms with Crippen LogP contribution in [-0.4, -0.2) is 6.61 Å². The molecule has 1 saturated carbocycles. The fraction of sp³-hybridized carbons (Fsp3) is 0.357. The first kappa shape index (κ1) is 22.4. The van der Waals surface area contributed by atoms with E-state index in [0.717, 1.165) is 31.2 Å². The molecule has 0 aliphatic heterocycles. The monoisotopic (exact) mass is 438 g/mol. The summed E-state index contributed by atoms with van der Waals surface area (Å²) < 4.78 is 49.5. The Morgan fingerprint density at radius 2 is 1.56 bits per heavy atom. The first-order chi connectivity index (χ1) is 15.5. The number of aryl methyl sites for hydroxylation is 2. The summed E-state index contributed by atoms with van der Waals surface area (Å²) >= 11 is 0. The molecule has 0 N–H and O–H groups in total.